The van der Waals surface area contributed by atoms with Crippen LogP contribution in [0.2, 0.25) is 0 Å². The predicted molar refractivity (Wildman–Crippen MR) is 83.9 cm³/mol. The molecule has 0 fully saturated rings. The van der Waals surface area contributed by atoms with E-state index in [0.717, 1.165) is 10.0 Å². The van der Waals surface area contributed by atoms with Crippen LogP contribution in [0.15, 0.2) is 34.4 Å². The number of hydrogen-bond acceptors (Lipinski definition) is 4. The van der Waals surface area contributed by atoms with Crippen LogP contribution >= 0.6 is 28.1 Å². The van der Waals surface area contributed by atoms with Crippen LogP contribution in [0.1, 0.15) is 5.56 Å². The molecule has 1 rings (SSSR count). The molecule has 7 heteroatoms. The SMILES string of the molecule is C=CCOc1cc(Br)c(C=NNC(N)=S)cc1OC. The summed E-state index contributed by atoms with van der Waals surface area (Å²) < 4.78 is 11.5. The number of rotatable bonds is 6. The van der Waals surface area contributed by atoms with Crippen LogP contribution in [0.25, 0.3) is 0 Å². The Bertz CT molecular complexity index is 506. The Morgan fingerprint density at radius 3 is 2.89 bits per heavy atom. The van der Waals surface area contributed by atoms with Gasteiger partial charge in [0.2, 0.25) is 0 Å². The topological polar surface area (TPSA) is 68.9 Å². The molecule has 0 saturated carbocycles. The number of nitrogens with zero attached hydrogens (tertiary/aromatic N) is 1. The second-order valence-corrected chi connectivity index (χ2v) is 4.65. The molecule has 0 atom stereocenters. The van der Waals surface area contributed by atoms with Gasteiger partial charge in [0.15, 0.2) is 16.6 Å². The molecule has 0 amide bonds. The van der Waals surface area contributed by atoms with E-state index in [1.165, 1.54) is 0 Å². The Labute approximate surface area is 125 Å². The van der Waals surface area contributed by atoms with Gasteiger partial charge in [-0.1, -0.05) is 12.7 Å². The molecule has 19 heavy (non-hydrogen) atoms. The molecule has 3 N–H and O–H groups in total. The van der Waals surface area contributed by atoms with Crippen molar-refractivity contribution in [3.63, 3.8) is 0 Å². The molecule has 0 spiro atoms. The standard InChI is InChI=1S/C12H14BrN3O2S/c1-3-4-18-11-6-9(13)8(5-10(11)17-2)7-15-16-12(14)19/h3,5-7H,1,4H2,2H3,(H3,14,16,19). The molecule has 0 aliphatic rings. The van der Waals surface area contributed by atoms with Crippen molar-refractivity contribution in [2.45, 2.75) is 0 Å². The highest BCUT2D eigenvalue weighted by Crippen LogP contribution is 2.32. The van der Waals surface area contributed by atoms with Gasteiger partial charge in [0.05, 0.1) is 13.3 Å². The molecule has 1 aromatic rings. The molecule has 5 nitrogen and oxygen atoms in total. The van der Waals surface area contributed by atoms with Gasteiger partial charge in [-0.25, -0.2) is 0 Å². The summed E-state index contributed by atoms with van der Waals surface area (Å²) in [5.74, 6) is 1.22. The maximum absolute atomic E-state index is 5.48. The number of nitrogens with one attached hydrogen (secondary N) is 1. The van der Waals surface area contributed by atoms with Crippen LogP contribution in [-0.2, 0) is 0 Å². The molecule has 0 heterocycles. The summed E-state index contributed by atoms with van der Waals surface area (Å²) in [6.45, 7) is 4.00. The molecule has 102 valence electrons. The Balaban J connectivity index is 2.98. The molecular weight excluding hydrogens is 330 g/mol. The monoisotopic (exact) mass is 343 g/mol. The zero-order valence-electron chi connectivity index (χ0n) is 10.4. The molecule has 0 unspecified atom stereocenters. The van der Waals surface area contributed by atoms with Crippen LogP contribution < -0.4 is 20.6 Å². The van der Waals surface area contributed by atoms with Gasteiger partial charge in [-0.15, -0.1) is 0 Å². The highest BCUT2D eigenvalue weighted by Gasteiger charge is 2.08. The van der Waals surface area contributed by atoms with E-state index >= 15 is 0 Å². The Kier molecular flexibility index (Phi) is 6.31. The van der Waals surface area contributed by atoms with E-state index in [4.69, 9.17) is 15.2 Å². The lowest BCUT2D eigenvalue weighted by Crippen LogP contribution is -2.24. The first-order valence-corrected chi connectivity index (χ1v) is 6.48. The van der Waals surface area contributed by atoms with Gasteiger partial charge >= 0.3 is 0 Å². The van der Waals surface area contributed by atoms with E-state index in [0.29, 0.717) is 18.1 Å². The van der Waals surface area contributed by atoms with E-state index in [1.54, 1.807) is 31.5 Å². The molecule has 0 aromatic heterocycles. The lowest BCUT2D eigenvalue weighted by molar-refractivity contribution is 0.326. The first-order valence-electron chi connectivity index (χ1n) is 5.28. The van der Waals surface area contributed by atoms with E-state index < -0.39 is 0 Å². The van der Waals surface area contributed by atoms with Crippen molar-refractivity contribution in [3.8, 4) is 11.5 Å². The summed E-state index contributed by atoms with van der Waals surface area (Å²) in [4.78, 5) is 0. The second-order valence-electron chi connectivity index (χ2n) is 3.36. The molecule has 1 aromatic carbocycles. The van der Waals surface area contributed by atoms with E-state index in [2.05, 4.69) is 45.3 Å². The minimum atomic E-state index is 0.102. The molecular formula is C12H14BrN3O2S. The predicted octanol–water partition coefficient (Wildman–Crippen LogP) is 2.19. The average molecular weight is 344 g/mol. The Morgan fingerprint density at radius 1 is 1.58 bits per heavy atom. The van der Waals surface area contributed by atoms with Gasteiger partial charge in [-0.05, 0) is 40.3 Å². The zero-order chi connectivity index (χ0) is 14.3. The number of thiocarbonyl (C=S) groups is 1. The number of benzene rings is 1. The van der Waals surface area contributed by atoms with E-state index in [1.807, 2.05) is 0 Å². The lowest BCUT2D eigenvalue weighted by atomic mass is 10.2. The van der Waals surface area contributed by atoms with Crippen LogP contribution in [0.5, 0.6) is 11.5 Å². The average Bonchev–Trinajstić information content (AvgIpc) is 2.38. The van der Waals surface area contributed by atoms with Crippen molar-refractivity contribution in [1.29, 1.82) is 0 Å². The lowest BCUT2D eigenvalue weighted by Gasteiger charge is -2.11. The van der Waals surface area contributed by atoms with E-state index in [-0.39, 0.29) is 5.11 Å². The first kappa shape index (κ1) is 15.5. The molecule has 0 aliphatic heterocycles. The maximum atomic E-state index is 5.48. The van der Waals surface area contributed by atoms with Crippen molar-refractivity contribution in [2.75, 3.05) is 13.7 Å². The van der Waals surface area contributed by atoms with Crippen molar-refractivity contribution in [3.05, 3.63) is 34.8 Å². The highest BCUT2D eigenvalue weighted by atomic mass is 79.9. The highest BCUT2D eigenvalue weighted by molar-refractivity contribution is 9.10. The van der Waals surface area contributed by atoms with Gasteiger partial charge in [-0.3, -0.25) is 5.43 Å². The largest absolute Gasteiger partial charge is 0.493 e. The minimum Gasteiger partial charge on any atom is -0.493 e. The summed E-state index contributed by atoms with van der Waals surface area (Å²) in [6, 6.07) is 3.58. The summed E-state index contributed by atoms with van der Waals surface area (Å²) in [5, 5.41) is 3.99. The summed E-state index contributed by atoms with van der Waals surface area (Å²) in [5.41, 5.74) is 8.55. The van der Waals surface area contributed by atoms with Crippen molar-refractivity contribution in [2.24, 2.45) is 10.8 Å². The Morgan fingerprint density at radius 2 is 2.32 bits per heavy atom. The van der Waals surface area contributed by atoms with Crippen LogP contribution in [-0.4, -0.2) is 25.0 Å². The fourth-order valence-electron chi connectivity index (χ4n) is 1.24. The third kappa shape index (κ3) is 4.88. The second kappa shape index (κ2) is 7.75. The normalized spacial score (nSPS) is 10.2. The van der Waals surface area contributed by atoms with E-state index in [9.17, 15) is 0 Å². The summed E-state index contributed by atoms with van der Waals surface area (Å²) in [6.07, 6.45) is 3.23. The zero-order valence-corrected chi connectivity index (χ0v) is 12.8. The molecule has 0 saturated heterocycles. The summed E-state index contributed by atoms with van der Waals surface area (Å²) in [7, 11) is 1.57. The molecule has 0 bridgehead atoms. The first-order chi connectivity index (χ1) is 9.08. The van der Waals surface area contributed by atoms with Gasteiger partial charge in [0.25, 0.3) is 0 Å². The molecule has 0 aliphatic carbocycles. The third-order valence-corrected chi connectivity index (χ3v) is 2.80. The van der Waals surface area contributed by atoms with Gasteiger partial charge < -0.3 is 15.2 Å². The number of methoxy groups -OCH3 is 1. The number of halogens is 1. The smallest absolute Gasteiger partial charge is 0.184 e. The maximum Gasteiger partial charge on any atom is 0.184 e. The number of hydrogen-bond donors (Lipinski definition) is 2. The van der Waals surface area contributed by atoms with Crippen molar-refractivity contribution < 1.29 is 9.47 Å². The van der Waals surface area contributed by atoms with Crippen molar-refractivity contribution >= 4 is 39.5 Å². The van der Waals surface area contributed by atoms with Crippen molar-refractivity contribution in [1.82, 2.24) is 5.43 Å². The minimum absolute atomic E-state index is 0.102. The number of hydrazone groups is 1. The quantitative estimate of drug-likeness (QED) is 0.358. The fraction of sp³-hybridized carbons (Fsp3) is 0.167. The van der Waals surface area contributed by atoms with Gasteiger partial charge in [-0.2, -0.15) is 5.10 Å². The van der Waals surface area contributed by atoms with Gasteiger partial charge in [0, 0.05) is 10.0 Å². The fourth-order valence-corrected chi connectivity index (χ4v) is 1.71. The third-order valence-electron chi connectivity index (χ3n) is 2.02. The van der Waals surface area contributed by atoms with Crippen LogP contribution in [0.3, 0.4) is 0 Å². The van der Waals surface area contributed by atoms with Crippen LogP contribution in [0.4, 0.5) is 0 Å². The Hall–Kier alpha value is -1.60. The number of ether oxygens (including phenoxy) is 2. The molecule has 0 radical (unpaired) electrons. The van der Waals surface area contributed by atoms with Gasteiger partial charge in [0.1, 0.15) is 6.61 Å². The summed E-state index contributed by atoms with van der Waals surface area (Å²) >= 11 is 8.07. The number of nitrogens with two attached hydrogens (primary N) is 1. The van der Waals surface area contributed by atoms with Crippen LogP contribution in [0, 0.1) is 0 Å².